The van der Waals surface area contributed by atoms with Gasteiger partial charge >= 0.3 is 0 Å². The number of likely N-dealkylation sites (tertiary alicyclic amines) is 1. The van der Waals surface area contributed by atoms with Crippen LogP contribution in [0.4, 0.5) is 0 Å². The lowest BCUT2D eigenvalue weighted by Crippen LogP contribution is -2.57. The summed E-state index contributed by atoms with van der Waals surface area (Å²) in [6.45, 7) is 13.9. The predicted octanol–water partition coefficient (Wildman–Crippen LogP) is 3.31. The molecule has 0 radical (unpaired) electrons. The van der Waals surface area contributed by atoms with Crippen molar-refractivity contribution in [1.29, 1.82) is 0 Å². The van der Waals surface area contributed by atoms with Crippen molar-refractivity contribution in [3.8, 4) is 0 Å². The number of piperidine rings is 1. The lowest BCUT2D eigenvalue weighted by molar-refractivity contribution is -0.172. The molecule has 100 valence electrons. The van der Waals surface area contributed by atoms with Crippen molar-refractivity contribution in [1.82, 2.24) is 4.90 Å². The summed E-state index contributed by atoms with van der Waals surface area (Å²) in [6.07, 6.45) is 4.98. The molecule has 1 aliphatic heterocycles. The second kappa shape index (κ2) is 4.89. The van der Waals surface area contributed by atoms with E-state index in [0.29, 0.717) is 23.7 Å². The first-order valence-corrected chi connectivity index (χ1v) is 7.34. The standard InChI is InChI=1S/C15H29NO/c1-11(2)16-8-6-15(7-9-16)10-14(13(15)5)17-12(3)4/h11-14H,6-10H2,1-5H3. The van der Waals surface area contributed by atoms with Gasteiger partial charge in [-0.15, -0.1) is 0 Å². The van der Waals surface area contributed by atoms with E-state index in [2.05, 4.69) is 39.5 Å². The van der Waals surface area contributed by atoms with Gasteiger partial charge in [-0.2, -0.15) is 0 Å². The third-order valence-corrected chi connectivity index (χ3v) is 5.10. The lowest BCUT2D eigenvalue weighted by Gasteiger charge is -2.58. The Labute approximate surface area is 107 Å². The molecule has 2 rings (SSSR count). The van der Waals surface area contributed by atoms with E-state index in [1.54, 1.807) is 0 Å². The van der Waals surface area contributed by atoms with E-state index in [0.717, 1.165) is 5.92 Å². The summed E-state index contributed by atoms with van der Waals surface area (Å²) in [5.74, 6) is 0.763. The summed E-state index contributed by atoms with van der Waals surface area (Å²) in [6, 6.07) is 0.713. The molecule has 1 heterocycles. The molecule has 2 aliphatic rings. The first-order chi connectivity index (χ1) is 7.94. The Hall–Kier alpha value is -0.0800. The third-order valence-electron chi connectivity index (χ3n) is 5.10. The fraction of sp³-hybridized carbons (Fsp3) is 1.00. The van der Waals surface area contributed by atoms with Gasteiger partial charge in [-0.05, 0) is 71.4 Å². The van der Waals surface area contributed by atoms with Crippen LogP contribution in [0.15, 0.2) is 0 Å². The van der Waals surface area contributed by atoms with Crippen LogP contribution in [0.25, 0.3) is 0 Å². The Morgan fingerprint density at radius 1 is 1.12 bits per heavy atom. The zero-order valence-corrected chi connectivity index (χ0v) is 12.2. The van der Waals surface area contributed by atoms with Gasteiger partial charge < -0.3 is 9.64 Å². The van der Waals surface area contributed by atoms with Crippen molar-refractivity contribution in [3.05, 3.63) is 0 Å². The van der Waals surface area contributed by atoms with Crippen LogP contribution < -0.4 is 0 Å². The third kappa shape index (κ3) is 2.53. The Morgan fingerprint density at radius 3 is 2.12 bits per heavy atom. The summed E-state index contributed by atoms with van der Waals surface area (Å²) in [7, 11) is 0. The summed E-state index contributed by atoms with van der Waals surface area (Å²) in [5.41, 5.74) is 0.616. The molecular weight excluding hydrogens is 210 g/mol. The number of ether oxygens (including phenoxy) is 1. The molecule has 0 aromatic heterocycles. The van der Waals surface area contributed by atoms with Crippen molar-refractivity contribution in [2.24, 2.45) is 11.3 Å². The van der Waals surface area contributed by atoms with Gasteiger partial charge in [-0.1, -0.05) is 6.92 Å². The minimum absolute atomic E-state index is 0.385. The van der Waals surface area contributed by atoms with E-state index >= 15 is 0 Å². The highest BCUT2D eigenvalue weighted by atomic mass is 16.5. The largest absolute Gasteiger partial charge is 0.375 e. The smallest absolute Gasteiger partial charge is 0.0614 e. The molecule has 2 nitrogen and oxygen atoms in total. The van der Waals surface area contributed by atoms with Crippen LogP contribution in [0.1, 0.15) is 53.9 Å². The van der Waals surface area contributed by atoms with E-state index < -0.39 is 0 Å². The van der Waals surface area contributed by atoms with Crippen LogP contribution in [-0.4, -0.2) is 36.2 Å². The van der Waals surface area contributed by atoms with Gasteiger partial charge in [0, 0.05) is 6.04 Å². The van der Waals surface area contributed by atoms with Gasteiger partial charge in [-0.3, -0.25) is 0 Å². The van der Waals surface area contributed by atoms with Crippen LogP contribution in [-0.2, 0) is 4.74 Å². The van der Waals surface area contributed by atoms with Crippen molar-refractivity contribution >= 4 is 0 Å². The van der Waals surface area contributed by atoms with Crippen LogP contribution in [0.2, 0.25) is 0 Å². The average Bonchev–Trinajstić information content (AvgIpc) is 2.28. The van der Waals surface area contributed by atoms with Gasteiger partial charge in [0.15, 0.2) is 0 Å². The maximum Gasteiger partial charge on any atom is 0.0614 e. The molecule has 0 aromatic carbocycles. The van der Waals surface area contributed by atoms with E-state index in [-0.39, 0.29) is 0 Å². The normalized spacial score (nSPS) is 33.4. The molecule has 1 saturated heterocycles. The van der Waals surface area contributed by atoms with E-state index in [9.17, 15) is 0 Å². The second-order valence-electron chi connectivity index (χ2n) is 6.71. The molecule has 0 N–H and O–H groups in total. The van der Waals surface area contributed by atoms with Gasteiger partial charge in [-0.25, -0.2) is 0 Å². The lowest BCUT2D eigenvalue weighted by atomic mass is 9.54. The molecule has 17 heavy (non-hydrogen) atoms. The summed E-state index contributed by atoms with van der Waals surface area (Å²) in [4.78, 5) is 2.62. The van der Waals surface area contributed by atoms with Gasteiger partial charge in [0.1, 0.15) is 0 Å². The SMILES string of the molecule is CC(C)OC1CC2(CCN(C(C)C)CC2)C1C. The zero-order valence-electron chi connectivity index (χ0n) is 12.2. The molecule has 0 bridgehead atoms. The quantitative estimate of drug-likeness (QED) is 0.749. The average molecular weight is 239 g/mol. The monoisotopic (exact) mass is 239 g/mol. The summed E-state index contributed by atoms with van der Waals surface area (Å²) in [5, 5.41) is 0. The maximum atomic E-state index is 5.99. The molecule has 0 aromatic rings. The molecule has 0 amide bonds. The predicted molar refractivity (Wildman–Crippen MR) is 72.2 cm³/mol. The fourth-order valence-corrected chi connectivity index (χ4v) is 3.66. The highest BCUT2D eigenvalue weighted by molar-refractivity contribution is 5.03. The number of hydrogen-bond acceptors (Lipinski definition) is 2. The first-order valence-electron chi connectivity index (χ1n) is 7.34. The number of nitrogens with zero attached hydrogens (tertiary/aromatic N) is 1. The zero-order chi connectivity index (χ0) is 12.6. The Kier molecular flexibility index (Phi) is 3.84. The highest BCUT2D eigenvalue weighted by Gasteiger charge is 2.52. The Bertz CT molecular complexity index is 248. The molecule has 2 unspecified atom stereocenters. The topological polar surface area (TPSA) is 12.5 Å². The first kappa shape index (κ1) is 13.4. The van der Waals surface area contributed by atoms with Crippen LogP contribution in [0, 0.1) is 11.3 Å². The fourth-order valence-electron chi connectivity index (χ4n) is 3.66. The molecule has 2 fully saturated rings. The van der Waals surface area contributed by atoms with Crippen molar-refractivity contribution in [2.45, 2.75) is 72.1 Å². The minimum atomic E-state index is 0.385. The van der Waals surface area contributed by atoms with Gasteiger partial charge in [0.25, 0.3) is 0 Å². The maximum absolute atomic E-state index is 5.99. The molecule has 2 atom stereocenters. The molecule has 1 spiro atoms. The van der Waals surface area contributed by atoms with E-state index in [1.165, 1.54) is 32.4 Å². The number of hydrogen-bond donors (Lipinski definition) is 0. The molecular formula is C15H29NO. The Balaban J connectivity index is 1.85. The van der Waals surface area contributed by atoms with Gasteiger partial charge in [0.2, 0.25) is 0 Å². The van der Waals surface area contributed by atoms with Crippen LogP contribution >= 0.6 is 0 Å². The van der Waals surface area contributed by atoms with E-state index in [4.69, 9.17) is 4.74 Å². The van der Waals surface area contributed by atoms with E-state index in [1.807, 2.05) is 0 Å². The molecule has 1 saturated carbocycles. The molecule has 1 aliphatic carbocycles. The summed E-state index contributed by atoms with van der Waals surface area (Å²) >= 11 is 0. The van der Waals surface area contributed by atoms with Crippen molar-refractivity contribution in [3.63, 3.8) is 0 Å². The van der Waals surface area contributed by atoms with Crippen molar-refractivity contribution < 1.29 is 4.74 Å². The van der Waals surface area contributed by atoms with Gasteiger partial charge in [0.05, 0.1) is 12.2 Å². The number of rotatable bonds is 3. The Morgan fingerprint density at radius 2 is 1.71 bits per heavy atom. The second-order valence-corrected chi connectivity index (χ2v) is 6.71. The van der Waals surface area contributed by atoms with Crippen molar-refractivity contribution in [2.75, 3.05) is 13.1 Å². The molecule has 2 heteroatoms. The van der Waals surface area contributed by atoms with Crippen LogP contribution in [0.3, 0.4) is 0 Å². The highest BCUT2D eigenvalue weighted by Crippen LogP contribution is 2.55. The van der Waals surface area contributed by atoms with Crippen LogP contribution in [0.5, 0.6) is 0 Å². The summed E-state index contributed by atoms with van der Waals surface area (Å²) < 4.78 is 5.99. The minimum Gasteiger partial charge on any atom is -0.375 e.